The number of hydrogen-bond acceptors (Lipinski definition) is 3. The second-order valence-corrected chi connectivity index (χ2v) is 15.6. The van der Waals surface area contributed by atoms with E-state index in [0.717, 1.165) is 41.5 Å². The molecule has 0 fully saturated rings. The third kappa shape index (κ3) is 4.88. The monoisotopic (exact) mass is 411 g/mol. The summed E-state index contributed by atoms with van der Waals surface area (Å²) in [6.07, 6.45) is 13.4. The molecule has 6 heteroatoms. The van der Waals surface area contributed by atoms with Crippen LogP contribution in [0.4, 0.5) is 5.82 Å². The quantitative estimate of drug-likeness (QED) is 0.365. The fraction of sp³-hybridized carbons (Fsp3) is 0.273. The van der Waals surface area contributed by atoms with Crippen LogP contribution in [0.3, 0.4) is 0 Å². The first-order valence-electron chi connectivity index (χ1n) is 9.45. The maximum Gasteiger partial charge on any atom is 0.341 e. The number of nitrogens with two attached hydrogens (primary N) is 1. The molecule has 0 aliphatic rings. The van der Waals surface area contributed by atoms with Crippen LogP contribution in [-0.2, 0) is 0 Å². The number of anilines is 1. The van der Waals surface area contributed by atoms with Crippen molar-refractivity contribution in [1.82, 2.24) is 9.22 Å². The maximum absolute atomic E-state index is 12.9. The van der Waals surface area contributed by atoms with Crippen molar-refractivity contribution in [2.45, 2.75) is 36.3 Å². The highest BCUT2D eigenvalue weighted by molar-refractivity contribution is 6.93. The molecule has 0 amide bonds. The SMILES string of the molecule is C=CC[Si](CC=C)(CC=C)c1cn([Si](CC=C)(CC=C)CC=C)c(=O)nc1N. The molecule has 0 aliphatic carbocycles. The molecule has 0 aliphatic heterocycles. The number of allylic oxidation sites excluding steroid dienone is 6. The first kappa shape index (κ1) is 23.6. The number of nitrogens with zero attached hydrogens (tertiary/aromatic N) is 2. The normalized spacial score (nSPS) is 11.4. The molecule has 0 spiro atoms. The summed E-state index contributed by atoms with van der Waals surface area (Å²) in [4.78, 5) is 17.2. The summed E-state index contributed by atoms with van der Waals surface area (Å²) in [6, 6.07) is 4.63. The molecule has 0 radical (unpaired) electrons. The second kappa shape index (κ2) is 10.8. The van der Waals surface area contributed by atoms with Crippen LogP contribution in [0.2, 0.25) is 36.3 Å². The van der Waals surface area contributed by atoms with Gasteiger partial charge in [-0.25, -0.2) is 4.79 Å². The third-order valence-electron chi connectivity index (χ3n) is 5.22. The molecule has 1 heterocycles. The van der Waals surface area contributed by atoms with E-state index in [-0.39, 0.29) is 5.69 Å². The first-order chi connectivity index (χ1) is 13.4. The summed E-state index contributed by atoms with van der Waals surface area (Å²) in [5.41, 5.74) is 5.99. The van der Waals surface area contributed by atoms with Crippen LogP contribution < -0.4 is 16.6 Å². The number of rotatable bonds is 14. The van der Waals surface area contributed by atoms with Crippen molar-refractivity contribution in [1.29, 1.82) is 0 Å². The van der Waals surface area contributed by atoms with Gasteiger partial charge in [0.1, 0.15) is 13.9 Å². The molecule has 0 bridgehead atoms. The fourth-order valence-corrected chi connectivity index (χ4v) is 11.5. The Labute approximate surface area is 171 Å². The molecule has 0 saturated carbocycles. The molecule has 0 unspecified atom stereocenters. The topological polar surface area (TPSA) is 60.9 Å². The summed E-state index contributed by atoms with van der Waals surface area (Å²) >= 11 is 0. The Morgan fingerprint density at radius 1 is 0.821 bits per heavy atom. The van der Waals surface area contributed by atoms with Crippen LogP contribution in [0.5, 0.6) is 0 Å². The van der Waals surface area contributed by atoms with Gasteiger partial charge in [0, 0.05) is 6.20 Å². The maximum atomic E-state index is 12.9. The molecule has 150 valence electrons. The minimum atomic E-state index is -2.34. The van der Waals surface area contributed by atoms with E-state index < -0.39 is 16.3 Å². The van der Waals surface area contributed by atoms with Crippen molar-refractivity contribution in [3.8, 4) is 0 Å². The fourth-order valence-electron chi connectivity index (χ4n) is 3.98. The number of aromatic nitrogens is 2. The summed E-state index contributed by atoms with van der Waals surface area (Å²) in [5.74, 6) is 0.317. The van der Waals surface area contributed by atoms with E-state index in [2.05, 4.69) is 44.5 Å². The minimum absolute atomic E-state index is 0.308. The zero-order valence-electron chi connectivity index (χ0n) is 16.9. The lowest BCUT2D eigenvalue weighted by molar-refractivity contribution is 0.943. The van der Waals surface area contributed by atoms with Crippen molar-refractivity contribution in [2.24, 2.45) is 0 Å². The summed E-state index contributed by atoms with van der Waals surface area (Å²) < 4.78 is 1.85. The van der Waals surface area contributed by atoms with Gasteiger partial charge in [0.05, 0.1) is 0 Å². The molecule has 4 nitrogen and oxygen atoms in total. The predicted molar refractivity (Wildman–Crippen MR) is 129 cm³/mol. The van der Waals surface area contributed by atoms with Crippen LogP contribution in [0.1, 0.15) is 0 Å². The summed E-state index contributed by atoms with van der Waals surface area (Å²) in [7, 11) is -4.52. The standard InChI is InChI=1S/C22H33N3OSi2/c1-7-13-27(14-8-2,15-9-3)20-19-25(22(26)24-21(20)23)28(16-10-4,17-11-5)18-12-6/h7-12,19H,1-6,13-18H2,(H2,23,24,26). The van der Waals surface area contributed by atoms with E-state index >= 15 is 0 Å². The highest BCUT2D eigenvalue weighted by Crippen LogP contribution is 2.27. The summed E-state index contributed by atoms with van der Waals surface area (Å²) in [6.45, 7) is 23.6. The highest BCUT2D eigenvalue weighted by Gasteiger charge is 2.38. The van der Waals surface area contributed by atoms with E-state index in [4.69, 9.17) is 5.73 Å². The van der Waals surface area contributed by atoms with Crippen LogP contribution in [0, 0.1) is 0 Å². The number of nitrogen functional groups attached to an aromatic ring is 1. The molecule has 1 aromatic rings. The summed E-state index contributed by atoms with van der Waals surface area (Å²) in [5, 5.41) is 0.973. The van der Waals surface area contributed by atoms with Crippen molar-refractivity contribution in [3.05, 3.63) is 92.6 Å². The minimum Gasteiger partial charge on any atom is -0.384 e. The lowest BCUT2D eigenvalue weighted by Gasteiger charge is -2.35. The van der Waals surface area contributed by atoms with Crippen LogP contribution in [0.25, 0.3) is 0 Å². The molecule has 1 rings (SSSR count). The van der Waals surface area contributed by atoms with Gasteiger partial charge >= 0.3 is 5.69 Å². The second-order valence-electron chi connectivity index (χ2n) is 7.15. The van der Waals surface area contributed by atoms with Crippen molar-refractivity contribution in [3.63, 3.8) is 0 Å². The average molecular weight is 412 g/mol. The van der Waals surface area contributed by atoms with Crippen molar-refractivity contribution in [2.75, 3.05) is 5.73 Å². The zero-order valence-corrected chi connectivity index (χ0v) is 18.9. The third-order valence-corrected chi connectivity index (χ3v) is 14.4. The van der Waals surface area contributed by atoms with Crippen LogP contribution in [0.15, 0.2) is 86.9 Å². The van der Waals surface area contributed by atoms with Gasteiger partial charge < -0.3 is 9.97 Å². The van der Waals surface area contributed by atoms with E-state index in [1.165, 1.54) is 0 Å². The Morgan fingerprint density at radius 3 is 1.57 bits per heavy atom. The van der Waals surface area contributed by atoms with Gasteiger partial charge in [-0.2, -0.15) is 4.98 Å². The van der Waals surface area contributed by atoms with Gasteiger partial charge in [-0.15, -0.1) is 39.5 Å². The van der Waals surface area contributed by atoms with E-state index in [1.54, 1.807) is 0 Å². The van der Waals surface area contributed by atoms with Crippen molar-refractivity contribution >= 4 is 27.3 Å². The molecular formula is C22H33N3OSi2. The smallest absolute Gasteiger partial charge is 0.341 e. The molecule has 0 atom stereocenters. The molecule has 28 heavy (non-hydrogen) atoms. The van der Waals surface area contributed by atoms with Gasteiger partial charge in [0.15, 0.2) is 8.24 Å². The van der Waals surface area contributed by atoms with E-state index in [0.29, 0.717) is 5.82 Å². The van der Waals surface area contributed by atoms with Gasteiger partial charge in [0.2, 0.25) is 0 Å². The van der Waals surface area contributed by atoms with Crippen LogP contribution >= 0.6 is 0 Å². The predicted octanol–water partition coefficient (Wildman–Crippen LogP) is 4.39. The lowest BCUT2D eigenvalue weighted by atomic mass is 10.6. The van der Waals surface area contributed by atoms with Crippen molar-refractivity contribution < 1.29 is 0 Å². The zero-order chi connectivity index (χ0) is 21.2. The largest absolute Gasteiger partial charge is 0.384 e. The average Bonchev–Trinajstić information content (AvgIpc) is 2.62. The van der Waals surface area contributed by atoms with E-state index in [9.17, 15) is 4.79 Å². The van der Waals surface area contributed by atoms with Crippen LogP contribution in [-0.4, -0.2) is 25.5 Å². The van der Waals surface area contributed by atoms with Gasteiger partial charge in [0.25, 0.3) is 0 Å². The molecule has 2 N–H and O–H groups in total. The Kier molecular flexibility index (Phi) is 9.08. The Balaban J connectivity index is 3.87. The van der Waals surface area contributed by atoms with Gasteiger partial charge in [-0.1, -0.05) is 36.5 Å². The molecule has 0 aromatic carbocycles. The Morgan fingerprint density at radius 2 is 1.21 bits per heavy atom. The molecular weight excluding hydrogens is 378 g/mol. The van der Waals surface area contributed by atoms with E-state index in [1.807, 2.05) is 46.9 Å². The Bertz CT molecular complexity index is 757. The molecule has 1 aromatic heterocycles. The first-order valence-corrected chi connectivity index (χ1v) is 14.6. The molecule has 0 saturated heterocycles. The Hall–Kier alpha value is -2.45. The number of hydrogen-bond donors (Lipinski definition) is 1. The van der Waals surface area contributed by atoms with Gasteiger partial charge in [-0.3, -0.25) is 0 Å². The highest BCUT2D eigenvalue weighted by atomic mass is 28.3. The van der Waals surface area contributed by atoms with Gasteiger partial charge in [-0.05, 0) is 41.5 Å². The lowest BCUT2D eigenvalue weighted by Crippen LogP contribution is -2.55.